The summed E-state index contributed by atoms with van der Waals surface area (Å²) >= 11 is 6.57. The van der Waals surface area contributed by atoms with Crippen LogP contribution < -0.4 is 14.5 Å². The van der Waals surface area contributed by atoms with Gasteiger partial charge in [-0.1, -0.05) is 42.8 Å². The Hall–Kier alpha value is -3.54. The second-order valence-electron chi connectivity index (χ2n) is 10.3. The second kappa shape index (κ2) is 13.7. The van der Waals surface area contributed by atoms with E-state index in [0.717, 1.165) is 57.9 Å². The van der Waals surface area contributed by atoms with Gasteiger partial charge in [0.15, 0.2) is 6.73 Å². The zero-order valence-electron chi connectivity index (χ0n) is 23.6. The van der Waals surface area contributed by atoms with Crippen LogP contribution in [0.25, 0.3) is 10.8 Å². The van der Waals surface area contributed by atoms with Gasteiger partial charge in [0, 0.05) is 29.7 Å². The maximum absolute atomic E-state index is 12.0. The van der Waals surface area contributed by atoms with Crippen molar-refractivity contribution in [3.8, 4) is 18.9 Å². The van der Waals surface area contributed by atoms with Crippen molar-refractivity contribution in [2.45, 2.75) is 39.2 Å². The molecular weight excluding hydrogens is 526 g/mol. The molecule has 3 aromatic rings. The maximum Gasteiger partial charge on any atom is 0.318 e. The summed E-state index contributed by atoms with van der Waals surface area (Å²) in [4.78, 5) is 28.0. The SMILES string of the molecule is C#C.CN1CCCC1.COc1nc2c(c(N3CC[C@H](C)C(=O)OC3)n1)CCN(c1cccc3cccc(Cl)c13)C2. The molecule has 3 aliphatic rings. The number of terminal acetylenes is 1. The van der Waals surface area contributed by atoms with E-state index in [1.807, 2.05) is 24.0 Å². The Morgan fingerprint density at radius 1 is 1.02 bits per heavy atom. The number of rotatable bonds is 3. The summed E-state index contributed by atoms with van der Waals surface area (Å²) in [5.41, 5.74) is 3.10. The number of benzene rings is 2. The van der Waals surface area contributed by atoms with Gasteiger partial charge in [0.05, 0.1) is 30.3 Å². The minimum absolute atomic E-state index is 0.119. The Morgan fingerprint density at radius 3 is 2.42 bits per heavy atom. The van der Waals surface area contributed by atoms with E-state index in [9.17, 15) is 4.79 Å². The van der Waals surface area contributed by atoms with Gasteiger partial charge in [-0.05, 0) is 63.3 Å². The van der Waals surface area contributed by atoms with Crippen LogP contribution in [0.1, 0.15) is 37.4 Å². The van der Waals surface area contributed by atoms with Crippen LogP contribution in [0.4, 0.5) is 11.5 Å². The van der Waals surface area contributed by atoms with Crippen molar-refractivity contribution < 1.29 is 14.3 Å². The molecule has 1 atom stereocenters. The molecule has 9 heteroatoms. The molecule has 0 N–H and O–H groups in total. The monoisotopic (exact) mass is 563 g/mol. The molecule has 212 valence electrons. The molecule has 40 heavy (non-hydrogen) atoms. The van der Waals surface area contributed by atoms with E-state index in [-0.39, 0.29) is 18.6 Å². The summed E-state index contributed by atoms with van der Waals surface area (Å²) in [6, 6.07) is 12.5. The fourth-order valence-corrected chi connectivity index (χ4v) is 5.62. The van der Waals surface area contributed by atoms with Crippen molar-refractivity contribution in [1.29, 1.82) is 0 Å². The lowest BCUT2D eigenvalue weighted by atomic mass is 10.0. The van der Waals surface area contributed by atoms with Gasteiger partial charge in [-0.2, -0.15) is 9.97 Å². The Morgan fingerprint density at radius 2 is 1.75 bits per heavy atom. The molecule has 2 aromatic carbocycles. The first-order valence-electron chi connectivity index (χ1n) is 13.7. The van der Waals surface area contributed by atoms with Crippen molar-refractivity contribution >= 4 is 39.8 Å². The average Bonchev–Trinajstić information content (AvgIpc) is 3.41. The Bertz CT molecular complexity index is 1340. The number of aromatic nitrogens is 2. The third kappa shape index (κ3) is 6.60. The number of anilines is 2. The number of hydrogen-bond donors (Lipinski definition) is 0. The van der Waals surface area contributed by atoms with Crippen molar-refractivity contribution in [2.24, 2.45) is 5.92 Å². The molecule has 0 unspecified atom stereocenters. The van der Waals surface area contributed by atoms with Crippen molar-refractivity contribution in [3.05, 3.63) is 52.7 Å². The minimum atomic E-state index is -0.165. The van der Waals surface area contributed by atoms with Gasteiger partial charge in [-0.3, -0.25) is 4.79 Å². The number of carbonyl (C=O) groups excluding carboxylic acids is 1. The highest BCUT2D eigenvalue weighted by Crippen LogP contribution is 2.37. The molecule has 3 aliphatic heterocycles. The molecule has 0 radical (unpaired) electrons. The first kappa shape index (κ1) is 29.4. The number of hydrogen-bond acceptors (Lipinski definition) is 8. The van der Waals surface area contributed by atoms with Gasteiger partial charge in [-0.25, -0.2) is 0 Å². The van der Waals surface area contributed by atoms with Crippen molar-refractivity contribution in [1.82, 2.24) is 14.9 Å². The lowest BCUT2D eigenvalue weighted by Gasteiger charge is -2.33. The third-order valence-electron chi connectivity index (χ3n) is 7.60. The van der Waals surface area contributed by atoms with Crippen LogP contribution in [0.15, 0.2) is 36.4 Å². The number of likely N-dealkylation sites (tertiary alicyclic amines) is 1. The minimum Gasteiger partial charge on any atom is -0.467 e. The number of carbonyl (C=O) groups is 1. The van der Waals surface area contributed by atoms with Crippen molar-refractivity contribution in [2.75, 3.05) is 56.9 Å². The van der Waals surface area contributed by atoms with Gasteiger partial charge in [-0.15, -0.1) is 12.8 Å². The van der Waals surface area contributed by atoms with Gasteiger partial charge in [0.1, 0.15) is 5.82 Å². The summed E-state index contributed by atoms with van der Waals surface area (Å²) < 4.78 is 10.9. The van der Waals surface area contributed by atoms with Gasteiger partial charge < -0.3 is 24.2 Å². The standard InChI is InChI=1S/C24H25ClN4O3.C5H11N.C2H2/c1-15-9-11-29(14-32-23(15)30)22-17-10-12-28(13-19(17)26-24(27-22)31-2)20-8-4-6-16-5-3-7-18(25)21(16)20;1-6-4-2-3-5-6;1-2/h3-8,15H,9-14H2,1-2H3;2-5H2,1H3;1-2H/t15-;;/m0../s1. The summed E-state index contributed by atoms with van der Waals surface area (Å²) in [7, 11) is 3.74. The zero-order valence-corrected chi connectivity index (χ0v) is 24.4. The predicted molar refractivity (Wildman–Crippen MR) is 161 cm³/mol. The Balaban J connectivity index is 0.000000404. The van der Waals surface area contributed by atoms with E-state index in [1.165, 1.54) is 25.9 Å². The summed E-state index contributed by atoms with van der Waals surface area (Å²) in [5.74, 6) is 0.511. The Labute approximate surface area is 242 Å². The molecule has 0 spiro atoms. The van der Waals surface area contributed by atoms with Crippen LogP contribution in [0.5, 0.6) is 6.01 Å². The molecule has 0 aliphatic carbocycles. The second-order valence-corrected chi connectivity index (χ2v) is 10.7. The molecule has 6 rings (SSSR count). The largest absolute Gasteiger partial charge is 0.467 e. The summed E-state index contributed by atoms with van der Waals surface area (Å²) in [6.45, 7) is 6.86. The molecular formula is C31H38ClN5O3. The van der Waals surface area contributed by atoms with Gasteiger partial charge >= 0.3 is 12.0 Å². The third-order valence-corrected chi connectivity index (χ3v) is 7.92. The number of nitrogens with zero attached hydrogens (tertiary/aromatic N) is 5. The van der Waals surface area contributed by atoms with E-state index < -0.39 is 0 Å². The number of cyclic esters (lactones) is 1. The van der Waals surface area contributed by atoms with E-state index in [2.05, 4.69) is 63.9 Å². The fourth-order valence-electron chi connectivity index (χ4n) is 5.34. The number of ether oxygens (including phenoxy) is 2. The lowest BCUT2D eigenvalue weighted by molar-refractivity contribution is -0.146. The van der Waals surface area contributed by atoms with Crippen LogP contribution in [0, 0.1) is 18.8 Å². The van der Waals surface area contributed by atoms with Gasteiger partial charge in [0.25, 0.3) is 0 Å². The topological polar surface area (TPSA) is 71.0 Å². The smallest absolute Gasteiger partial charge is 0.318 e. The molecule has 0 amide bonds. The van der Waals surface area contributed by atoms with Crippen LogP contribution in [0.2, 0.25) is 5.02 Å². The quantitative estimate of drug-likeness (QED) is 0.319. The normalized spacial score (nSPS) is 18.9. The van der Waals surface area contributed by atoms with Crippen LogP contribution >= 0.6 is 11.6 Å². The predicted octanol–water partition coefficient (Wildman–Crippen LogP) is 5.16. The molecule has 2 fully saturated rings. The summed E-state index contributed by atoms with van der Waals surface area (Å²) in [6.07, 6.45) is 12.3. The molecule has 0 bridgehead atoms. The van der Waals surface area contributed by atoms with Crippen LogP contribution in [-0.2, 0) is 22.5 Å². The average molecular weight is 564 g/mol. The fraction of sp³-hybridized carbons (Fsp3) is 0.452. The first-order chi connectivity index (χ1) is 19.4. The molecule has 0 saturated carbocycles. The molecule has 4 heterocycles. The highest BCUT2D eigenvalue weighted by Gasteiger charge is 2.29. The van der Waals surface area contributed by atoms with E-state index >= 15 is 0 Å². The zero-order chi connectivity index (χ0) is 28.6. The number of halogens is 1. The Kier molecular flexibility index (Phi) is 10.1. The molecule has 2 saturated heterocycles. The highest BCUT2D eigenvalue weighted by atomic mass is 35.5. The van der Waals surface area contributed by atoms with Crippen molar-refractivity contribution in [3.63, 3.8) is 0 Å². The number of esters is 1. The maximum atomic E-state index is 12.0. The van der Waals surface area contributed by atoms with Gasteiger partial charge in [0.2, 0.25) is 0 Å². The van der Waals surface area contributed by atoms with Crippen LogP contribution in [0.3, 0.4) is 0 Å². The number of methoxy groups -OCH3 is 1. The van der Waals surface area contributed by atoms with E-state index in [4.69, 9.17) is 21.1 Å². The molecule has 8 nitrogen and oxygen atoms in total. The highest BCUT2D eigenvalue weighted by molar-refractivity contribution is 6.36. The summed E-state index contributed by atoms with van der Waals surface area (Å²) in [5, 5.41) is 2.90. The number of fused-ring (bicyclic) bond motifs is 2. The molecule has 1 aromatic heterocycles. The van der Waals surface area contributed by atoms with Crippen LogP contribution in [-0.4, -0.2) is 67.9 Å². The van der Waals surface area contributed by atoms with E-state index in [0.29, 0.717) is 19.1 Å². The van der Waals surface area contributed by atoms with E-state index in [1.54, 1.807) is 7.11 Å². The first-order valence-corrected chi connectivity index (χ1v) is 14.1. The lowest BCUT2D eigenvalue weighted by Crippen LogP contribution is -2.35.